The summed E-state index contributed by atoms with van der Waals surface area (Å²) in [7, 11) is 0. The van der Waals surface area contributed by atoms with Crippen LogP contribution in [0.25, 0.3) is 11.3 Å². The lowest BCUT2D eigenvalue weighted by Gasteiger charge is -2.19. The first-order chi connectivity index (χ1) is 9.35. The largest absolute Gasteiger partial charge is 0.441 e. The Hall–Kier alpha value is -1.03. The molecule has 0 aliphatic carbocycles. The van der Waals surface area contributed by atoms with E-state index in [9.17, 15) is 0 Å². The number of rotatable bonds is 4. The lowest BCUT2D eigenvalue weighted by molar-refractivity contribution is 0.412. The topological polar surface area (TPSA) is 38.1 Å². The number of nitrogens with zero attached hydrogens (tertiary/aromatic N) is 1. The molecule has 0 atom stereocenters. The zero-order valence-electron chi connectivity index (χ0n) is 11.8. The number of hydrogen-bond donors (Lipinski definition) is 1. The molecule has 0 bridgehead atoms. The second kappa shape index (κ2) is 6.17. The summed E-state index contributed by atoms with van der Waals surface area (Å²) in [6, 6.07) is 5.40. The Morgan fingerprint density at radius 1 is 1.20 bits per heavy atom. The highest BCUT2D eigenvalue weighted by molar-refractivity contribution is 6.42. The van der Waals surface area contributed by atoms with E-state index in [2.05, 4.69) is 31.1 Å². The zero-order chi connectivity index (χ0) is 14.8. The van der Waals surface area contributed by atoms with Gasteiger partial charge in [0.25, 0.3) is 0 Å². The van der Waals surface area contributed by atoms with Crippen molar-refractivity contribution in [2.45, 2.75) is 32.7 Å². The minimum absolute atomic E-state index is 0.0964. The van der Waals surface area contributed by atoms with E-state index in [-0.39, 0.29) is 5.54 Å². The van der Waals surface area contributed by atoms with Crippen molar-refractivity contribution in [3.63, 3.8) is 0 Å². The highest BCUT2D eigenvalue weighted by atomic mass is 35.5. The van der Waals surface area contributed by atoms with Gasteiger partial charge in [0.15, 0.2) is 11.7 Å². The Bertz CT molecular complexity index is 588. The van der Waals surface area contributed by atoms with Crippen molar-refractivity contribution < 1.29 is 4.42 Å². The van der Waals surface area contributed by atoms with Crippen LogP contribution in [0.3, 0.4) is 0 Å². The van der Waals surface area contributed by atoms with Gasteiger partial charge in [0.2, 0.25) is 0 Å². The maximum Gasteiger partial charge on any atom is 0.196 e. The molecule has 0 aliphatic heterocycles. The highest BCUT2D eigenvalue weighted by Crippen LogP contribution is 2.28. The Kier molecular flexibility index (Phi) is 4.74. The van der Waals surface area contributed by atoms with Crippen molar-refractivity contribution in [1.29, 1.82) is 0 Å². The van der Waals surface area contributed by atoms with E-state index in [1.54, 1.807) is 18.3 Å². The summed E-state index contributed by atoms with van der Waals surface area (Å²) in [5, 5.41) is 4.44. The molecule has 1 heterocycles. The maximum atomic E-state index is 6.00. The molecule has 1 aromatic carbocycles. The number of oxazole rings is 1. The average molecular weight is 313 g/mol. The first-order valence-electron chi connectivity index (χ1n) is 6.50. The molecule has 2 aromatic rings. The average Bonchev–Trinajstić information content (AvgIpc) is 2.80. The van der Waals surface area contributed by atoms with E-state index in [0.717, 1.165) is 18.5 Å². The molecule has 0 saturated carbocycles. The van der Waals surface area contributed by atoms with Crippen LogP contribution in [-0.4, -0.2) is 17.1 Å². The van der Waals surface area contributed by atoms with Gasteiger partial charge in [-0.15, -0.1) is 0 Å². The van der Waals surface area contributed by atoms with Crippen molar-refractivity contribution >= 4 is 23.2 Å². The van der Waals surface area contributed by atoms with Crippen molar-refractivity contribution in [1.82, 2.24) is 10.3 Å². The first kappa shape index (κ1) is 15.4. The predicted molar refractivity (Wildman–Crippen MR) is 83.4 cm³/mol. The van der Waals surface area contributed by atoms with Crippen LogP contribution in [-0.2, 0) is 6.42 Å². The maximum absolute atomic E-state index is 6.00. The summed E-state index contributed by atoms with van der Waals surface area (Å²) >= 11 is 11.9. The zero-order valence-corrected chi connectivity index (χ0v) is 13.3. The van der Waals surface area contributed by atoms with Gasteiger partial charge >= 0.3 is 0 Å². The van der Waals surface area contributed by atoms with Crippen molar-refractivity contribution in [3.05, 3.63) is 40.3 Å². The molecule has 5 heteroatoms. The van der Waals surface area contributed by atoms with E-state index in [4.69, 9.17) is 27.6 Å². The summed E-state index contributed by atoms with van der Waals surface area (Å²) in [4.78, 5) is 4.28. The van der Waals surface area contributed by atoms with Crippen LogP contribution in [0.4, 0.5) is 0 Å². The van der Waals surface area contributed by atoms with Crippen LogP contribution >= 0.6 is 23.2 Å². The van der Waals surface area contributed by atoms with Crippen LogP contribution in [0.5, 0.6) is 0 Å². The lowest BCUT2D eigenvalue weighted by atomic mass is 10.1. The third kappa shape index (κ3) is 4.23. The van der Waals surface area contributed by atoms with Crippen LogP contribution in [0.2, 0.25) is 10.0 Å². The quantitative estimate of drug-likeness (QED) is 0.898. The molecular weight excluding hydrogens is 295 g/mol. The van der Waals surface area contributed by atoms with Gasteiger partial charge in [-0.2, -0.15) is 0 Å². The monoisotopic (exact) mass is 312 g/mol. The van der Waals surface area contributed by atoms with Crippen molar-refractivity contribution in [3.8, 4) is 11.3 Å². The van der Waals surface area contributed by atoms with Gasteiger partial charge in [-0.1, -0.05) is 23.2 Å². The summed E-state index contributed by atoms with van der Waals surface area (Å²) in [6.07, 6.45) is 2.46. The predicted octanol–water partition coefficient (Wildman–Crippen LogP) is 4.58. The fraction of sp³-hybridized carbons (Fsp3) is 0.400. The molecule has 0 amide bonds. The van der Waals surface area contributed by atoms with Gasteiger partial charge in [-0.05, 0) is 39.0 Å². The third-order valence-electron chi connectivity index (χ3n) is 2.75. The molecule has 0 aliphatic rings. The molecule has 108 valence electrons. The van der Waals surface area contributed by atoms with Gasteiger partial charge in [-0.3, -0.25) is 0 Å². The molecule has 2 rings (SSSR count). The molecule has 0 unspecified atom stereocenters. The Balaban J connectivity index is 2.03. The summed E-state index contributed by atoms with van der Waals surface area (Å²) in [5.41, 5.74) is 0.973. The van der Waals surface area contributed by atoms with Crippen molar-refractivity contribution in [2.24, 2.45) is 0 Å². The van der Waals surface area contributed by atoms with Gasteiger partial charge in [0.1, 0.15) is 0 Å². The van der Waals surface area contributed by atoms with Crippen LogP contribution in [0.1, 0.15) is 26.7 Å². The Morgan fingerprint density at radius 2 is 1.95 bits per heavy atom. The number of nitrogens with one attached hydrogen (secondary N) is 1. The van der Waals surface area contributed by atoms with E-state index < -0.39 is 0 Å². The minimum atomic E-state index is 0.0964. The third-order valence-corrected chi connectivity index (χ3v) is 3.49. The molecule has 0 radical (unpaired) electrons. The van der Waals surface area contributed by atoms with Gasteiger partial charge in [0.05, 0.1) is 16.2 Å². The number of halogens is 2. The van der Waals surface area contributed by atoms with Crippen LogP contribution < -0.4 is 5.32 Å². The minimum Gasteiger partial charge on any atom is -0.441 e. The first-order valence-corrected chi connectivity index (χ1v) is 7.26. The summed E-state index contributed by atoms with van der Waals surface area (Å²) < 4.78 is 5.73. The lowest BCUT2D eigenvalue weighted by Crippen LogP contribution is -2.37. The van der Waals surface area contributed by atoms with E-state index in [1.807, 2.05) is 6.07 Å². The molecule has 0 spiro atoms. The number of hydrogen-bond acceptors (Lipinski definition) is 3. The smallest absolute Gasteiger partial charge is 0.196 e. The van der Waals surface area contributed by atoms with Gasteiger partial charge in [-0.25, -0.2) is 4.98 Å². The fourth-order valence-electron chi connectivity index (χ4n) is 1.75. The van der Waals surface area contributed by atoms with E-state index in [0.29, 0.717) is 21.7 Å². The molecule has 0 fully saturated rings. The van der Waals surface area contributed by atoms with Gasteiger partial charge < -0.3 is 9.73 Å². The molecule has 20 heavy (non-hydrogen) atoms. The summed E-state index contributed by atoms with van der Waals surface area (Å²) in [6.45, 7) is 7.21. The molecule has 1 N–H and O–H groups in total. The SMILES string of the molecule is CC(C)(C)NCCc1ncc(-c2ccc(Cl)c(Cl)c2)o1. The van der Waals surface area contributed by atoms with Crippen molar-refractivity contribution in [2.75, 3.05) is 6.54 Å². The van der Waals surface area contributed by atoms with E-state index >= 15 is 0 Å². The van der Waals surface area contributed by atoms with E-state index in [1.165, 1.54) is 0 Å². The molecule has 0 saturated heterocycles. The number of aromatic nitrogens is 1. The Morgan fingerprint density at radius 3 is 2.60 bits per heavy atom. The molecular formula is C15H18Cl2N2O. The second-order valence-corrected chi connectivity index (χ2v) is 6.49. The summed E-state index contributed by atoms with van der Waals surface area (Å²) in [5.74, 6) is 1.41. The van der Waals surface area contributed by atoms with Crippen LogP contribution in [0.15, 0.2) is 28.8 Å². The standard InChI is InChI=1S/C15H18Cl2N2O/c1-15(2,3)19-7-6-14-18-9-13(20-14)10-4-5-11(16)12(17)8-10/h4-5,8-9,19H,6-7H2,1-3H3. The normalized spacial score (nSPS) is 11.8. The molecule has 1 aromatic heterocycles. The van der Waals surface area contributed by atoms with Gasteiger partial charge in [0, 0.05) is 24.1 Å². The van der Waals surface area contributed by atoms with Crippen LogP contribution in [0, 0.1) is 0 Å². The molecule has 3 nitrogen and oxygen atoms in total. The highest BCUT2D eigenvalue weighted by Gasteiger charge is 2.11. The fourth-order valence-corrected chi connectivity index (χ4v) is 2.05. The number of benzene rings is 1. The Labute approximate surface area is 129 Å². The second-order valence-electron chi connectivity index (χ2n) is 5.67.